The normalized spacial score (nSPS) is 44.8. The first-order valence-electron chi connectivity index (χ1n) is 8.21. The van der Waals surface area contributed by atoms with Gasteiger partial charge in [-0.05, 0) is 44.2 Å². The van der Waals surface area contributed by atoms with Crippen LogP contribution in [-0.4, -0.2) is 43.0 Å². The van der Waals surface area contributed by atoms with Crippen molar-refractivity contribution >= 4 is 0 Å². The first-order chi connectivity index (χ1) is 9.17. The summed E-state index contributed by atoms with van der Waals surface area (Å²) in [5, 5.41) is 0. The van der Waals surface area contributed by atoms with Crippen LogP contribution in [0.2, 0.25) is 0 Å². The van der Waals surface area contributed by atoms with E-state index in [-0.39, 0.29) is 5.79 Å². The minimum absolute atomic E-state index is 0.230. The maximum atomic E-state index is 6.35. The quantitative estimate of drug-likeness (QED) is 0.767. The monoisotopic (exact) mass is 267 g/mol. The van der Waals surface area contributed by atoms with E-state index in [1.165, 1.54) is 38.8 Å². The number of hydrogen-bond donors (Lipinski definition) is 0. The molecule has 2 heterocycles. The highest BCUT2D eigenvalue weighted by molar-refractivity contribution is 4.88. The van der Waals surface area contributed by atoms with Crippen molar-refractivity contribution in [1.82, 2.24) is 4.90 Å². The maximum absolute atomic E-state index is 6.35. The zero-order valence-corrected chi connectivity index (χ0v) is 12.6. The van der Waals surface area contributed by atoms with Crippen molar-refractivity contribution in [2.45, 2.75) is 64.3 Å². The number of piperidine rings is 1. The molecule has 3 fully saturated rings. The predicted molar refractivity (Wildman–Crippen MR) is 76.0 cm³/mol. The molecule has 3 rings (SSSR count). The van der Waals surface area contributed by atoms with Crippen molar-refractivity contribution in [3.05, 3.63) is 0 Å². The third-order valence-electron chi connectivity index (χ3n) is 5.41. The van der Waals surface area contributed by atoms with Crippen molar-refractivity contribution in [3.63, 3.8) is 0 Å². The van der Waals surface area contributed by atoms with Gasteiger partial charge >= 0.3 is 0 Å². The summed E-state index contributed by atoms with van der Waals surface area (Å²) in [5.41, 5.74) is 0. The molecule has 0 bridgehead atoms. The van der Waals surface area contributed by atoms with E-state index in [4.69, 9.17) is 9.47 Å². The summed E-state index contributed by atoms with van der Waals surface area (Å²) < 4.78 is 12.5. The van der Waals surface area contributed by atoms with Gasteiger partial charge in [0.25, 0.3) is 0 Å². The molecule has 2 aliphatic heterocycles. The van der Waals surface area contributed by atoms with Crippen LogP contribution in [-0.2, 0) is 9.47 Å². The van der Waals surface area contributed by atoms with E-state index in [2.05, 4.69) is 18.7 Å². The third kappa shape index (κ3) is 3.14. The van der Waals surface area contributed by atoms with E-state index in [0.717, 1.165) is 37.8 Å². The van der Waals surface area contributed by atoms with Crippen LogP contribution in [0.15, 0.2) is 0 Å². The van der Waals surface area contributed by atoms with Gasteiger partial charge in [0.2, 0.25) is 0 Å². The minimum atomic E-state index is -0.230. The Balaban J connectivity index is 1.52. The molecule has 110 valence electrons. The molecule has 3 aliphatic rings. The van der Waals surface area contributed by atoms with Crippen LogP contribution in [0.3, 0.4) is 0 Å². The van der Waals surface area contributed by atoms with Crippen molar-refractivity contribution in [2.24, 2.45) is 11.8 Å². The Labute approximate surface area is 117 Å². The van der Waals surface area contributed by atoms with Gasteiger partial charge in [-0.15, -0.1) is 0 Å². The lowest BCUT2D eigenvalue weighted by atomic mass is 9.78. The van der Waals surface area contributed by atoms with Crippen LogP contribution >= 0.6 is 0 Å². The SMILES string of the molecule is CC1CCC2(CC1C)OCC(CN1CCCCC1)O2. The van der Waals surface area contributed by atoms with Crippen molar-refractivity contribution < 1.29 is 9.47 Å². The van der Waals surface area contributed by atoms with Gasteiger partial charge in [-0.2, -0.15) is 0 Å². The standard InChI is InChI=1S/C16H29NO2/c1-13-6-7-16(10-14(13)2)18-12-15(19-16)11-17-8-4-3-5-9-17/h13-15H,3-12H2,1-2H3. The van der Waals surface area contributed by atoms with E-state index in [1.54, 1.807) is 0 Å². The molecule has 3 nitrogen and oxygen atoms in total. The Morgan fingerprint density at radius 2 is 1.89 bits per heavy atom. The van der Waals surface area contributed by atoms with Crippen molar-refractivity contribution in [2.75, 3.05) is 26.2 Å². The molecule has 1 saturated carbocycles. The topological polar surface area (TPSA) is 21.7 Å². The second-order valence-electron chi connectivity index (χ2n) is 7.02. The fourth-order valence-electron chi connectivity index (χ4n) is 3.90. The van der Waals surface area contributed by atoms with Crippen molar-refractivity contribution in [1.29, 1.82) is 0 Å². The Bertz CT molecular complexity index is 303. The molecule has 1 spiro atoms. The highest BCUT2D eigenvalue weighted by atomic mass is 16.7. The molecular formula is C16H29NO2. The summed E-state index contributed by atoms with van der Waals surface area (Å²) >= 11 is 0. The second kappa shape index (κ2) is 5.71. The molecule has 19 heavy (non-hydrogen) atoms. The molecule has 0 aromatic rings. The van der Waals surface area contributed by atoms with Gasteiger partial charge < -0.3 is 14.4 Å². The van der Waals surface area contributed by atoms with E-state index < -0.39 is 0 Å². The first-order valence-corrected chi connectivity index (χ1v) is 8.21. The molecular weight excluding hydrogens is 238 g/mol. The Kier molecular flexibility index (Phi) is 4.16. The average Bonchev–Trinajstić information content (AvgIpc) is 2.79. The highest BCUT2D eigenvalue weighted by Crippen LogP contribution is 2.42. The number of likely N-dealkylation sites (tertiary alicyclic amines) is 1. The van der Waals surface area contributed by atoms with Gasteiger partial charge in [0.1, 0.15) is 0 Å². The van der Waals surface area contributed by atoms with E-state index in [0.29, 0.717) is 6.10 Å². The lowest BCUT2D eigenvalue weighted by Gasteiger charge is -2.39. The fourth-order valence-corrected chi connectivity index (χ4v) is 3.90. The second-order valence-corrected chi connectivity index (χ2v) is 7.02. The molecule has 0 aromatic heterocycles. The zero-order valence-electron chi connectivity index (χ0n) is 12.6. The average molecular weight is 267 g/mol. The van der Waals surface area contributed by atoms with Crippen LogP contribution < -0.4 is 0 Å². The van der Waals surface area contributed by atoms with E-state index in [9.17, 15) is 0 Å². The van der Waals surface area contributed by atoms with Crippen LogP contribution in [0.25, 0.3) is 0 Å². The maximum Gasteiger partial charge on any atom is 0.169 e. The Hall–Kier alpha value is -0.120. The van der Waals surface area contributed by atoms with Crippen molar-refractivity contribution in [3.8, 4) is 0 Å². The fraction of sp³-hybridized carbons (Fsp3) is 1.00. The highest BCUT2D eigenvalue weighted by Gasteiger charge is 2.46. The van der Waals surface area contributed by atoms with Crippen LogP contribution in [0.4, 0.5) is 0 Å². The summed E-state index contributed by atoms with van der Waals surface area (Å²) in [6.07, 6.45) is 7.84. The lowest BCUT2D eigenvalue weighted by molar-refractivity contribution is -0.202. The van der Waals surface area contributed by atoms with Crippen LogP contribution in [0.1, 0.15) is 52.4 Å². The molecule has 3 heteroatoms. The number of nitrogens with zero attached hydrogens (tertiary/aromatic N) is 1. The van der Waals surface area contributed by atoms with E-state index >= 15 is 0 Å². The summed E-state index contributed by atoms with van der Waals surface area (Å²) in [6.45, 7) is 9.08. The molecule has 1 aliphatic carbocycles. The third-order valence-corrected chi connectivity index (χ3v) is 5.41. The Morgan fingerprint density at radius 3 is 2.63 bits per heavy atom. The van der Waals surface area contributed by atoms with Gasteiger partial charge in [-0.3, -0.25) is 0 Å². The molecule has 4 unspecified atom stereocenters. The van der Waals surface area contributed by atoms with Gasteiger partial charge in [-0.1, -0.05) is 20.3 Å². The largest absolute Gasteiger partial charge is 0.347 e. The minimum Gasteiger partial charge on any atom is -0.347 e. The summed E-state index contributed by atoms with van der Waals surface area (Å²) in [7, 11) is 0. The first kappa shape index (κ1) is 13.8. The van der Waals surface area contributed by atoms with Gasteiger partial charge in [0.15, 0.2) is 5.79 Å². The summed E-state index contributed by atoms with van der Waals surface area (Å²) in [5.74, 6) is 1.31. The molecule has 0 amide bonds. The number of hydrogen-bond acceptors (Lipinski definition) is 3. The van der Waals surface area contributed by atoms with Crippen LogP contribution in [0.5, 0.6) is 0 Å². The van der Waals surface area contributed by atoms with Gasteiger partial charge in [0, 0.05) is 19.4 Å². The number of ether oxygens (including phenoxy) is 2. The molecule has 2 saturated heterocycles. The van der Waals surface area contributed by atoms with Crippen LogP contribution in [0, 0.1) is 11.8 Å². The lowest BCUT2D eigenvalue weighted by Crippen LogP contribution is -2.41. The van der Waals surface area contributed by atoms with Gasteiger partial charge in [0.05, 0.1) is 12.7 Å². The predicted octanol–water partition coefficient (Wildman–Crippen LogP) is 3.04. The molecule has 0 radical (unpaired) electrons. The Morgan fingerprint density at radius 1 is 1.11 bits per heavy atom. The molecule has 4 atom stereocenters. The smallest absolute Gasteiger partial charge is 0.169 e. The van der Waals surface area contributed by atoms with E-state index in [1.807, 2.05) is 0 Å². The summed E-state index contributed by atoms with van der Waals surface area (Å²) in [6, 6.07) is 0. The zero-order chi connectivity index (χ0) is 13.3. The molecule has 0 aromatic carbocycles. The van der Waals surface area contributed by atoms with Gasteiger partial charge in [-0.25, -0.2) is 0 Å². The molecule has 0 N–H and O–H groups in total. The summed E-state index contributed by atoms with van der Waals surface area (Å²) in [4.78, 5) is 2.56. The number of rotatable bonds is 2.